The average Bonchev–Trinajstić information content (AvgIpc) is 3.04. The van der Waals surface area contributed by atoms with Crippen molar-refractivity contribution in [3.05, 3.63) is 62.1 Å². The fourth-order valence-corrected chi connectivity index (χ4v) is 2.13. The summed E-state index contributed by atoms with van der Waals surface area (Å²) in [5.41, 5.74) is 0.941. The van der Waals surface area contributed by atoms with Crippen molar-refractivity contribution in [2.45, 2.75) is 39.3 Å². The van der Waals surface area contributed by atoms with E-state index in [4.69, 9.17) is 9.47 Å². The third kappa shape index (κ3) is 10.6. The standard InChI is InChI=1S/C13H16N2O6.C6H8O4/c1-10(9-16)14-13(17)21-12-6-4-11(5-7-12)3-2-8-20-15(18)19;1-4-5(3-8-2)10-6(7)9-4/h4-7,9-10H,2-3,8H2,1H3,(H,14,17);3H2,1-2H3. The van der Waals surface area contributed by atoms with E-state index in [1.807, 2.05) is 0 Å². The van der Waals surface area contributed by atoms with Crippen molar-refractivity contribution in [2.75, 3.05) is 13.7 Å². The Kier molecular flexibility index (Phi) is 11.1. The molecule has 1 atom stereocenters. The van der Waals surface area contributed by atoms with Crippen molar-refractivity contribution in [2.24, 2.45) is 0 Å². The highest BCUT2D eigenvalue weighted by atomic mass is 16.9. The maximum atomic E-state index is 11.4. The van der Waals surface area contributed by atoms with Crippen molar-refractivity contribution in [3.63, 3.8) is 0 Å². The van der Waals surface area contributed by atoms with E-state index in [-0.39, 0.29) is 13.2 Å². The molecule has 1 unspecified atom stereocenters. The average molecular weight is 440 g/mol. The zero-order valence-corrected chi connectivity index (χ0v) is 17.3. The second-order valence-corrected chi connectivity index (χ2v) is 6.13. The van der Waals surface area contributed by atoms with Gasteiger partial charge in [0.1, 0.15) is 24.4 Å². The lowest BCUT2D eigenvalue weighted by Crippen LogP contribution is -2.35. The Bertz CT molecular complexity index is 888. The second-order valence-electron chi connectivity index (χ2n) is 6.13. The number of benzene rings is 1. The van der Waals surface area contributed by atoms with Gasteiger partial charge in [-0.1, -0.05) is 12.1 Å². The van der Waals surface area contributed by atoms with Crippen LogP contribution in [0.25, 0.3) is 0 Å². The summed E-state index contributed by atoms with van der Waals surface area (Å²) >= 11 is 0. The number of hydrogen-bond acceptors (Lipinski definition) is 10. The summed E-state index contributed by atoms with van der Waals surface area (Å²) in [6.45, 7) is 3.50. The van der Waals surface area contributed by atoms with Crippen LogP contribution in [0.4, 0.5) is 4.79 Å². The summed E-state index contributed by atoms with van der Waals surface area (Å²) in [5, 5.41) is 11.5. The highest BCUT2D eigenvalue weighted by Gasteiger charge is 2.08. The molecule has 1 amide bonds. The number of carbonyl (C=O) groups is 2. The van der Waals surface area contributed by atoms with Crippen molar-refractivity contribution >= 4 is 12.4 Å². The molecule has 0 spiro atoms. The molecule has 0 bridgehead atoms. The Morgan fingerprint density at radius 1 is 1.29 bits per heavy atom. The molecular weight excluding hydrogens is 416 g/mol. The minimum absolute atomic E-state index is 0.0389. The fourth-order valence-electron chi connectivity index (χ4n) is 2.13. The quantitative estimate of drug-likeness (QED) is 0.251. The molecule has 1 aromatic carbocycles. The molecule has 0 aliphatic carbocycles. The van der Waals surface area contributed by atoms with E-state index in [1.54, 1.807) is 31.2 Å². The van der Waals surface area contributed by atoms with Gasteiger partial charge in [0.25, 0.3) is 5.09 Å². The van der Waals surface area contributed by atoms with Gasteiger partial charge in [-0.25, -0.2) is 9.59 Å². The molecule has 0 fully saturated rings. The van der Waals surface area contributed by atoms with E-state index < -0.39 is 23.0 Å². The third-order valence-corrected chi connectivity index (χ3v) is 3.60. The number of methoxy groups -OCH3 is 1. The molecule has 0 aliphatic heterocycles. The molecule has 12 nitrogen and oxygen atoms in total. The number of rotatable bonds is 10. The first kappa shape index (κ1) is 25.4. The van der Waals surface area contributed by atoms with E-state index in [9.17, 15) is 24.5 Å². The van der Waals surface area contributed by atoms with Gasteiger partial charge in [0.05, 0.1) is 12.6 Å². The van der Waals surface area contributed by atoms with Crippen LogP contribution in [-0.2, 0) is 27.4 Å². The number of amides is 1. The van der Waals surface area contributed by atoms with Crippen molar-refractivity contribution in [3.8, 4) is 5.75 Å². The van der Waals surface area contributed by atoms with Gasteiger partial charge in [-0.05, 0) is 44.4 Å². The predicted octanol–water partition coefficient (Wildman–Crippen LogP) is 2.19. The lowest BCUT2D eigenvalue weighted by Gasteiger charge is -2.08. The molecule has 0 aliphatic rings. The SMILES string of the molecule is CC(C=O)NC(=O)Oc1ccc(CCCO[N+](=O)[O-])cc1.COCc1oc(=O)oc1C. The Morgan fingerprint density at radius 3 is 2.48 bits per heavy atom. The minimum Gasteiger partial charge on any atom is -0.410 e. The Morgan fingerprint density at radius 2 is 1.97 bits per heavy atom. The molecule has 170 valence electrons. The topological polar surface area (TPSA) is 160 Å². The van der Waals surface area contributed by atoms with Gasteiger partial charge in [0, 0.05) is 7.11 Å². The van der Waals surface area contributed by atoms with E-state index in [0.29, 0.717) is 36.4 Å². The lowest BCUT2D eigenvalue weighted by molar-refractivity contribution is -0.757. The van der Waals surface area contributed by atoms with Crippen molar-refractivity contribution < 1.29 is 37.8 Å². The summed E-state index contributed by atoms with van der Waals surface area (Å²) in [5.74, 6) is 0.597. The maximum absolute atomic E-state index is 11.4. The molecule has 12 heteroatoms. The maximum Gasteiger partial charge on any atom is 0.519 e. The zero-order chi connectivity index (χ0) is 23.2. The highest BCUT2D eigenvalue weighted by molar-refractivity contribution is 5.74. The van der Waals surface area contributed by atoms with Gasteiger partial charge in [0.2, 0.25) is 0 Å². The first-order valence-electron chi connectivity index (χ1n) is 9.13. The lowest BCUT2D eigenvalue weighted by atomic mass is 10.1. The summed E-state index contributed by atoms with van der Waals surface area (Å²) in [4.78, 5) is 46.3. The van der Waals surface area contributed by atoms with Gasteiger partial charge in [-0.3, -0.25) is 0 Å². The summed E-state index contributed by atoms with van der Waals surface area (Å²) < 4.78 is 18.9. The Hall–Kier alpha value is -3.67. The first-order chi connectivity index (χ1) is 14.7. The van der Waals surface area contributed by atoms with Gasteiger partial charge >= 0.3 is 11.9 Å². The summed E-state index contributed by atoms with van der Waals surface area (Å²) in [7, 11) is 1.52. The number of aryl methyl sites for hydroxylation is 2. The molecular formula is C19H24N2O10. The molecule has 0 saturated carbocycles. The number of nitrogens with one attached hydrogen (secondary N) is 1. The smallest absolute Gasteiger partial charge is 0.410 e. The normalized spacial score (nSPS) is 10.9. The van der Waals surface area contributed by atoms with Gasteiger partial charge < -0.3 is 33.3 Å². The molecule has 1 heterocycles. The van der Waals surface area contributed by atoms with Crippen molar-refractivity contribution in [1.29, 1.82) is 0 Å². The number of hydrogen-bond donors (Lipinski definition) is 1. The zero-order valence-electron chi connectivity index (χ0n) is 17.3. The molecule has 2 aromatic rings. The summed E-state index contributed by atoms with van der Waals surface area (Å²) in [6.07, 6.45) is 1.01. The highest BCUT2D eigenvalue weighted by Crippen LogP contribution is 2.13. The minimum atomic E-state index is -0.824. The van der Waals surface area contributed by atoms with Crippen LogP contribution in [-0.4, -0.2) is 37.2 Å². The van der Waals surface area contributed by atoms with E-state index >= 15 is 0 Å². The molecule has 0 saturated heterocycles. The van der Waals surface area contributed by atoms with Crippen molar-refractivity contribution in [1.82, 2.24) is 5.32 Å². The van der Waals surface area contributed by atoms with Gasteiger partial charge in [0.15, 0.2) is 5.76 Å². The fraction of sp³-hybridized carbons (Fsp3) is 0.421. The number of carbonyl (C=O) groups excluding carboxylic acids is 2. The van der Waals surface area contributed by atoms with Crippen LogP contribution in [0, 0.1) is 17.0 Å². The van der Waals surface area contributed by atoms with Crippen LogP contribution < -0.4 is 15.9 Å². The van der Waals surface area contributed by atoms with Crippen LogP contribution >= 0.6 is 0 Å². The molecule has 31 heavy (non-hydrogen) atoms. The van der Waals surface area contributed by atoms with Crippen LogP contribution in [0.5, 0.6) is 5.75 Å². The first-order valence-corrected chi connectivity index (χ1v) is 9.13. The Balaban J connectivity index is 0.000000399. The molecule has 1 N–H and O–H groups in total. The van der Waals surface area contributed by atoms with E-state index in [0.717, 1.165) is 5.56 Å². The van der Waals surface area contributed by atoms with E-state index in [1.165, 1.54) is 14.0 Å². The predicted molar refractivity (Wildman–Crippen MR) is 105 cm³/mol. The van der Waals surface area contributed by atoms with Gasteiger partial charge in [-0.2, -0.15) is 0 Å². The second kappa shape index (κ2) is 13.5. The van der Waals surface area contributed by atoms with Gasteiger partial charge in [-0.15, -0.1) is 10.1 Å². The van der Waals surface area contributed by atoms with Crippen LogP contribution in [0.2, 0.25) is 0 Å². The monoisotopic (exact) mass is 440 g/mol. The van der Waals surface area contributed by atoms with E-state index in [2.05, 4.69) is 19.0 Å². The van der Waals surface area contributed by atoms with Crippen LogP contribution in [0.15, 0.2) is 37.9 Å². The number of aldehydes is 1. The number of ether oxygens (including phenoxy) is 2. The largest absolute Gasteiger partial charge is 0.519 e. The van der Waals surface area contributed by atoms with Crippen LogP contribution in [0.1, 0.15) is 30.4 Å². The Labute approximate surface area is 177 Å². The molecule has 2 rings (SSSR count). The summed E-state index contributed by atoms with van der Waals surface area (Å²) in [6, 6.07) is 6.10. The molecule has 1 aromatic heterocycles. The molecule has 0 radical (unpaired) electrons. The van der Waals surface area contributed by atoms with Crippen LogP contribution in [0.3, 0.4) is 0 Å². The third-order valence-electron chi connectivity index (χ3n) is 3.60. The number of nitrogens with zero attached hydrogens (tertiary/aromatic N) is 1.